The normalized spacial score (nSPS) is 23.0. The third-order valence-electron chi connectivity index (χ3n) is 11.0. The molecule has 4 bridgehead atoms. The molecule has 10 rings (SSSR count). The molecule has 0 amide bonds. The Morgan fingerprint density at radius 3 is 1.61 bits per heavy atom. The molecule has 46 heavy (non-hydrogen) atoms. The van der Waals surface area contributed by atoms with E-state index in [2.05, 4.69) is 78.9 Å². The van der Waals surface area contributed by atoms with Gasteiger partial charge in [-0.15, -0.1) is 0 Å². The molecule has 4 aliphatic carbocycles. The van der Waals surface area contributed by atoms with E-state index in [9.17, 15) is 5.26 Å². The minimum absolute atomic E-state index is 0.363. The second-order valence-electron chi connectivity index (χ2n) is 13.8. The number of benzene rings is 5. The third-order valence-corrected chi connectivity index (χ3v) is 11.0. The van der Waals surface area contributed by atoms with Gasteiger partial charge in [0.05, 0.1) is 11.6 Å². The SMILES string of the molecule is N#Cc1ccc(-c2ccc(-c3nc(-c4ccccc4)nc(-c4ccc(C56CC7C[C@H](C5)C[C@@H](C7)C6)cc4)n3)c3ccccc23)cc1. The highest BCUT2D eigenvalue weighted by molar-refractivity contribution is 6.04. The monoisotopic (exact) mass is 594 g/mol. The van der Waals surface area contributed by atoms with E-state index in [4.69, 9.17) is 15.0 Å². The van der Waals surface area contributed by atoms with Crippen LogP contribution in [0.5, 0.6) is 0 Å². The Balaban J connectivity index is 1.15. The zero-order valence-corrected chi connectivity index (χ0v) is 25.7. The van der Waals surface area contributed by atoms with Crippen molar-refractivity contribution in [2.24, 2.45) is 17.8 Å². The summed E-state index contributed by atoms with van der Waals surface area (Å²) in [5.74, 6) is 4.79. The number of nitrogens with zero attached hydrogens (tertiary/aromatic N) is 4. The van der Waals surface area contributed by atoms with Crippen LogP contribution in [-0.4, -0.2) is 15.0 Å². The van der Waals surface area contributed by atoms with Gasteiger partial charge >= 0.3 is 0 Å². The van der Waals surface area contributed by atoms with Crippen LogP contribution in [0, 0.1) is 29.1 Å². The van der Waals surface area contributed by atoms with Crippen molar-refractivity contribution < 1.29 is 0 Å². The number of hydrogen-bond donors (Lipinski definition) is 0. The van der Waals surface area contributed by atoms with Crippen LogP contribution < -0.4 is 0 Å². The summed E-state index contributed by atoms with van der Waals surface area (Å²) in [5.41, 5.74) is 7.67. The van der Waals surface area contributed by atoms with Gasteiger partial charge in [0.15, 0.2) is 17.5 Å². The summed E-state index contributed by atoms with van der Waals surface area (Å²) < 4.78 is 0. The van der Waals surface area contributed by atoms with E-state index in [-0.39, 0.29) is 0 Å². The van der Waals surface area contributed by atoms with Crippen molar-refractivity contribution in [1.82, 2.24) is 15.0 Å². The molecule has 0 saturated heterocycles. The van der Waals surface area contributed by atoms with Gasteiger partial charge in [-0.3, -0.25) is 0 Å². The first-order valence-electron chi connectivity index (χ1n) is 16.6. The fourth-order valence-electron chi connectivity index (χ4n) is 9.25. The second kappa shape index (κ2) is 10.7. The topological polar surface area (TPSA) is 62.5 Å². The maximum Gasteiger partial charge on any atom is 0.164 e. The Bertz CT molecular complexity index is 2090. The van der Waals surface area contributed by atoms with Gasteiger partial charge in [-0.1, -0.05) is 97.1 Å². The van der Waals surface area contributed by atoms with E-state index < -0.39 is 0 Å². The summed E-state index contributed by atoms with van der Waals surface area (Å²) in [4.78, 5) is 15.2. The van der Waals surface area contributed by atoms with Crippen LogP contribution in [0.2, 0.25) is 0 Å². The molecule has 1 aromatic heterocycles. The Labute approximate surface area is 269 Å². The standard InChI is InChI=1S/C42H34N4/c43-26-27-10-12-31(13-11-27)35-18-19-38(37-9-5-4-8-36(35)37)41-45-39(32-6-2-1-3-7-32)44-40(46-41)33-14-16-34(17-15-33)42-23-28-20-29(24-42)22-30(21-28)25-42/h1-19,28-30H,20-25H2/t28-,29+,30?,42?. The Morgan fingerprint density at radius 1 is 0.500 bits per heavy atom. The van der Waals surface area contributed by atoms with E-state index in [0.717, 1.165) is 56.3 Å². The Hall–Kier alpha value is -5.14. The summed E-state index contributed by atoms with van der Waals surface area (Å²) in [6.07, 6.45) is 8.44. The van der Waals surface area contributed by atoms with Crippen LogP contribution in [-0.2, 0) is 5.41 Å². The van der Waals surface area contributed by atoms with Crippen molar-refractivity contribution in [2.75, 3.05) is 0 Å². The summed E-state index contributed by atoms with van der Waals surface area (Å²) in [6, 6.07) is 42.1. The lowest BCUT2D eigenvalue weighted by atomic mass is 9.48. The molecule has 6 aromatic rings. The molecule has 4 fully saturated rings. The fourth-order valence-corrected chi connectivity index (χ4v) is 9.25. The summed E-state index contributed by atoms with van der Waals surface area (Å²) in [7, 11) is 0. The maximum atomic E-state index is 9.29. The van der Waals surface area contributed by atoms with Crippen molar-refractivity contribution in [3.8, 4) is 51.4 Å². The van der Waals surface area contributed by atoms with E-state index in [1.54, 1.807) is 0 Å². The van der Waals surface area contributed by atoms with Gasteiger partial charge in [0.25, 0.3) is 0 Å². The van der Waals surface area contributed by atoms with E-state index in [1.165, 1.54) is 44.1 Å². The zero-order valence-electron chi connectivity index (χ0n) is 25.7. The Morgan fingerprint density at radius 2 is 1.00 bits per heavy atom. The van der Waals surface area contributed by atoms with Gasteiger partial charge in [0.1, 0.15) is 0 Å². The molecule has 0 aliphatic heterocycles. The van der Waals surface area contributed by atoms with Crippen LogP contribution >= 0.6 is 0 Å². The van der Waals surface area contributed by atoms with Crippen molar-refractivity contribution in [3.05, 3.63) is 126 Å². The van der Waals surface area contributed by atoms with Crippen molar-refractivity contribution in [2.45, 2.75) is 43.9 Å². The lowest BCUT2D eigenvalue weighted by Gasteiger charge is -2.57. The lowest BCUT2D eigenvalue weighted by molar-refractivity contribution is -0.00518. The lowest BCUT2D eigenvalue weighted by Crippen LogP contribution is -2.48. The summed E-state index contributed by atoms with van der Waals surface area (Å²) >= 11 is 0. The summed E-state index contributed by atoms with van der Waals surface area (Å²) in [6.45, 7) is 0. The fraction of sp³-hybridized carbons (Fsp3) is 0.238. The highest BCUT2D eigenvalue weighted by Crippen LogP contribution is 2.60. The van der Waals surface area contributed by atoms with Gasteiger partial charge < -0.3 is 0 Å². The number of hydrogen-bond acceptors (Lipinski definition) is 4. The van der Waals surface area contributed by atoms with Crippen LogP contribution in [0.1, 0.15) is 49.7 Å². The van der Waals surface area contributed by atoms with Gasteiger partial charge in [-0.25, -0.2) is 15.0 Å². The average Bonchev–Trinajstić information content (AvgIpc) is 3.11. The van der Waals surface area contributed by atoms with E-state index in [1.807, 2.05) is 42.5 Å². The quantitative estimate of drug-likeness (QED) is 0.199. The van der Waals surface area contributed by atoms with Gasteiger partial charge in [0, 0.05) is 16.7 Å². The van der Waals surface area contributed by atoms with Crippen molar-refractivity contribution in [1.29, 1.82) is 5.26 Å². The van der Waals surface area contributed by atoms with Crippen molar-refractivity contribution in [3.63, 3.8) is 0 Å². The number of nitriles is 1. The van der Waals surface area contributed by atoms with Crippen LogP contribution in [0.4, 0.5) is 0 Å². The molecule has 1 heterocycles. The summed E-state index contributed by atoms with van der Waals surface area (Å²) in [5, 5.41) is 11.5. The minimum atomic E-state index is 0.363. The molecule has 5 aromatic carbocycles. The predicted molar refractivity (Wildman–Crippen MR) is 184 cm³/mol. The van der Waals surface area contributed by atoms with Crippen LogP contribution in [0.25, 0.3) is 56.1 Å². The van der Waals surface area contributed by atoms with Crippen molar-refractivity contribution >= 4 is 10.8 Å². The number of aromatic nitrogens is 3. The maximum absolute atomic E-state index is 9.29. The van der Waals surface area contributed by atoms with Gasteiger partial charge in [0.2, 0.25) is 0 Å². The highest BCUT2D eigenvalue weighted by Gasteiger charge is 2.51. The largest absolute Gasteiger partial charge is 0.208 e. The molecule has 222 valence electrons. The molecule has 0 spiro atoms. The number of fused-ring (bicyclic) bond motifs is 1. The first kappa shape index (κ1) is 27.2. The first-order chi connectivity index (χ1) is 22.6. The molecule has 0 radical (unpaired) electrons. The molecule has 0 N–H and O–H groups in total. The molecule has 4 nitrogen and oxygen atoms in total. The highest BCUT2D eigenvalue weighted by atomic mass is 15.0. The van der Waals surface area contributed by atoms with Crippen LogP contribution in [0.3, 0.4) is 0 Å². The molecule has 4 saturated carbocycles. The molecule has 0 atom stereocenters. The van der Waals surface area contributed by atoms with Crippen LogP contribution in [0.15, 0.2) is 115 Å². The molecule has 0 unspecified atom stereocenters. The smallest absolute Gasteiger partial charge is 0.164 e. The van der Waals surface area contributed by atoms with Gasteiger partial charge in [-0.05, 0) is 107 Å². The predicted octanol–water partition coefficient (Wildman–Crippen LogP) is 10.0. The second-order valence-corrected chi connectivity index (χ2v) is 13.8. The minimum Gasteiger partial charge on any atom is -0.208 e. The number of rotatable bonds is 5. The van der Waals surface area contributed by atoms with Gasteiger partial charge in [-0.2, -0.15) is 5.26 Å². The average molecular weight is 595 g/mol. The molecular weight excluding hydrogens is 560 g/mol. The molecule has 4 heteroatoms. The Kier molecular flexibility index (Phi) is 6.35. The van der Waals surface area contributed by atoms with E-state index in [0.29, 0.717) is 28.5 Å². The van der Waals surface area contributed by atoms with E-state index >= 15 is 0 Å². The molecule has 4 aliphatic rings. The third kappa shape index (κ3) is 4.62. The molecular formula is C42H34N4. The first-order valence-corrected chi connectivity index (χ1v) is 16.6. The zero-order chi connectivity index (χ0) is 30.7.